The second-order valence-corrected chi connectivity index (χ2v) is 16.6. The topological polar surface area (TPSA) is 20.3 Å². The molecule has 0 aliphatic carbocycles. The highest BCUT2D eigenvalue weighted by atomic mass is 32.1. The van der Waals surface area contributed by atoms with Crippen molar-refractivity contribution < 1.29 is 4.79 Å². The standard InChI is InChI=1S/C11H23NOSSi2/c1-8-10(9-11(13)14)12(15(2,3)4)16(5,6)7/h1,10H,9H2,2-7H3,(H,13,14). The lowest BCUT2D eigenvalue weighted by Gasteiger charge is -2.46. The Morgan fingerprint density at radius 2 is 1.62 bits per heavy atom. The lowest BCUT2D eigenvalue weighted by Crippen LogP contribution is -2.63. The maximum atomic E-state index is 11.1. The number of thiol groups is 1. The number of carbonyl (C=O) groups is 1. The van der Waals surface area contributed by atoms with Gasteiger partial charge in [0.05, 0.1) is 6.04 Å². The Morgan fingerprint density at radius 1 is 1.25 bits per heavy atom. The van der Waals surface area contributed by atoms with Crippen LogP contribution in [0.25, 0.3) is 0 Å². The van der Waals surface area contributed by atoms with E-state index < -0.39 is 16.5 Å². The molecule has 0 radical (unpaired) electrons. The molecular weight excluding hydrogens is 250 g/mol. The highest BCUT2D eigenvalue weighted by Gasteiger charge is 2.39. The van der Waals surface area contributed by atoms with E-state index in [-0.39, 0.29) is 11.2 Å². The van der Waals surface area contributed by atoms with Crippen LogP contribution in [-0.2, 0) is 4.79 Å². The molecule has 1 unspecified atom stereocenters. The van der Waals surface area contributed by atoms with E-state index in [4.69, 9.17) is 6.42 Å². The first-order chi connectivity index (χ1) is 7.00. The van der Waals surface area contributed by atoms with Crippen LogP contribution in [0.4, 0.5) is 0 Å². The summed E-state index contributed by atoms with van der Waals surface area (Å²) in [5, 5.41) is -0.121. The molecule has 0 saturated heterocycles. The van der Waals surface area contributed by atoms with Crippen molar-refractivity contribution in [3.05, 3.63) is 0 Å². The molecule has 0 N–H and O–H groups in total. The zero-order chi connectivity index (χ0) is 13.1. The van der Waals surface area contributed by atoms with Gasteiger partial charge in [0.25, 0.3) is 0 Å². The van der Waals surface area contributed by atoms with Crippen molar-refractivity contribution in [1.29, 1.82) is 0 Å². The third-order valence-corrected chi connectivity index (χ3v) is 10.0. The van der Waals surface area contributed by atoms with Crippen molar-refractivity contribution in [2.75, 3.05) is 0 Å². The van der Waals surface area contributed by atoms with Gasteiger partial charge in [0, 0.05) is 6.42 Å². The fraction of sp³-hybridized carbons (Fsp3) is 0.727. The summed E-state index contributed by atoms with van der Waals surface area (Å²) in [4.78, 5) is 11.1. The van der Waals surface area contributed by atoms with E-state index in [0.717, 1.165) is 0 Å². The average Bonchev–Trinajstić information content (AvgIpc) is 1.96. The number of rotatable bonds is 5. The van der Waals surface area contributed by atoms with Crippen molar-refractivity contribution >= 4 is 34.2 Å². The third kappa shape index (κ3) is 4.87. The van der Waals surface area contributed by atoms with Gasteiger partial charge in [0.1, 0.15) is 16.5 Å². The zero-order valence-corrected chi connectivity index (χ0v) is 14.1. The Kier molecular flexibility index (Phi) is 5.53. The minimum atomic E-state index is -1.51. The molecule has 0 bridgehead atoms. The molecule has 0 aliphatic rings. The monoisotopic (exact) mass is 273 g/mol. The van der Waals surface area contributed by atoms with Crippen molar-refractivity contribution in [1.82, 2.24) is 4.23 Å². The number of nitrogens with zero attached hydrogens (tertiary/aromatic N) is 1. The Balaban J connectivity index is 5.19. The van der Waals surface area contributed by atoms with E-state index in [9.17, 15) is 4.79 Å². The summed E-state index contributed by atoms with van der Waals surface area (Å²) < 4.78 is 2.47. The van der Waals surface area contributed by atoms with Crippen LogP contribution < -0.4 is 0 Å². The number of hydrogen-bond acceptors (Lipinski definition) is 2. The molecule has 0 saturated carbocycles. The van der Waals surface area contributed by atoms with Gasteiger partial charge in [0.15, 0.2) is 5.12 Å². The normalized spacial score (nSPS) is 14.7. The van der Waals surface area contributed by atoms with Gasteiger partial charge in [-0.1, -0.05) is 45.2 Å². The van der Waals surface area contributed by atoms with E-state index in [2.05, 4.69) is 62.1 Å². The maximum absolute atomic E-state index is 11.1. The Labute approximate surface area is 107 Å². The quantitative estimate of drug-likeness (QED) is 0.472. The molecule has 0 spiro atoms. The first kappa shape index (κ1) is 16.0. The van der Waals surface area contributed by atoms with Crippen LogP contribution >= 0.6 is 12.6 Å². The molecule has 0 aliphatic heterocycles. The van der Waals surface area contributed by atoms with Crippen molar-refractivity contribution in [2.45, 2.75) is 51.7 Å². The minimum Gasteiger partial charge on any atom is -0.333 e. The molecule has 0 amide bonds. The van der Waals surface area contributed by atoms with Crippen molar-refractivity contribution in [2.24, 2.45) is 0 Å². The largest absolute Gasteiger partial charge is 0.333 e. The summed E-state index contributed by atoms with van der Waals surface area (Å²) in [6.45, 7) is 13.7. The van der Waals surface area contributed by atoms with Gasteiger partial charge in [-0.05, 0) is 0 Å². The molecule has 1 atom stereocenters. The van der Waals surface area contributed by atoms with Gasteiger partial charge >= 0.3 is 0 Å². The summed E-state index contributed by atoms with van der Waals surface area (Å²) in [5.74, 6) is 2.77. The van der Waals surface area contributed by atoms with Crippen LogP contribution in [0.3, 0.4) is 0 Å². The van der Waals surface area contributed by atoms with E-state index in [1.54, 1.807) is 0 Å². The molecule has 0 aromatic heterocycles. The Hall–Kier alpha value is -0.0262. The lowest BCUT2D eigenvalue weighted by atomic mass is 10.2. The molecule has 0 aromatic carbocycles. The second kappa shape index (κ2) is 5.54. The fourth-order valence-electron chi connectivity index (χ4n) is 2.33. The van der Waals surface area contributed by atoms with E-state index in [0.29, 0.717) is 6.42 Å². The molecule has 16 heavy (non-hydrogen) atoms. The summed E-state index contributed by atoms with van der Waals surface area (Å²) in [5.41, 5.74) is 0. The second-order valence-electron chi connectivity index (χ2n) is 5.99. The number of hydrogen-bond donors (Lipinski definition) is 1. The third-order valence-electron chi connectivity index (χ3n) is 2.32. The molecule has 5 heteroatoms. The van der Waals surface area contributed by atoms with Gasteiger partial charge in [-0.2, -0.15) is 0 Å². The maximum Gasteiger partial charge on any atom is 0.188 e. The first-order valence-corrected chi connectivity index (χ1v) is 12.8. The molecule has 0 rings (SSSR count). The highest BCUT2D eigenvalue weighted by molar-refractivity contribution is 7.96. The van der Waals surface area contributed by atoms with Gasteiger partial charge in [-0.3, -0.25) is 4.79 Å². The first-order valence-electron chi connectivity index (χ1n) is 5.47. The van der Waals surface area contributed by atoms with Crippen LogP contribution in [0.5, 0.6) is 0 Å². The van der Waals surface area contributed by atoms with Gasteiger partial charge < -0.3 is 4.23 Å². The number of terminal acetylenes is 1. The van der Waals surface area contributed by atoms with Gasteiger partial charge in [-0.25, -0.2) is 0 Å². The van der Waals surface area contributed by atoms with E-state index in [1.165, 1.54) is 0 Å². The number of carbonyl (C=O) groups excluding carboxylic acids is 1. The predicted molar refractivity (Wildman–Crippen MR) is 79.8 cm³/mol. The molecule has 0 fully saturated rings. The molecule has 92 valence electrons. The molecule has 2 nitrogen and oxygen atoms in total. The van der Waals surface area contributed by atoms with E-state index >= 15 is 0 Å². The summed E-state index contributed by atoms with van der Waals surface area (Å²) in [6.07, 6.45) is 5.94. The zero-order valence-electron chi connectivity index (χ0n) is 11.2. The minimum absolute atomic E-state index is 0.0802. The Bertz CT molecular complexity index is 285. The Morgan fingerprint density at radius 3 is 1.81 bits per heavy atom. The average molecular weight is 274 g/mol. The molecule has 0 heterocycles. The van der Waals surface area contributed by atoms with Gasteiger partial charge in [-0.15, -0.1) is 19.1 Å². The lowest BCUT2D eigenvalue weighted by molar-refractivity contribution is -0.111. The van der Waals surface area contributed by atoms with Crippen LogP contribution in [0, 0.1) is 12.3 Å². The van der Waals surface area contributed by atoms with Crippen molar-refractivity contribution in [3.63, 3.8) is 0 Å². The van der Waals surface area contributed by atoms with Crippen LogP contribution in [0.2, 0.25) is 39.3 Å². The van der Waals surface area contributed by atoms with Crippen LogP contribution in [-0.4, -0.2) is 31.9 Å². The van der Waals surface area contributed by atoms with Gasteiger partial charge in [0.2, 0.25) is 0 Å². The SMILES string of the molecule is C#CC(CC(=O)S)N([Si](C)(C)C)[Si](C)(C)C. The highest BCUT2D eigenvalue weighted by Crippen LogP contribution is 2.24. The fourth-order valence-corrected chi connectivity index (χ4v) is 12.8. The van der Waals surface area contributed by atoms with E-state index in [1.807, 2.05) is 0 Å². The van der Waals surface area contributed by atoms with Crippen LogP contribution in [0.1, 0.15) is 6.42 Å². The summed E-state index contributed by atoms with van der Waals surface area (Å²) in [6, 6.07) is -0.0802. The summed E-state index contributed by atoms with van der Waals surface area (Å²) >= 11 is 3.85. The van der Waals surface area contributed by atoms with Crippen molar-refractivity contribution in [3.8, 4) is 12.3 Å². The molecular formula is C11H23NOSSi2. The predicted octanol–water partition coefficient (Wildman–Crippen LogP) is 2.81. The van der Waals surface area contributed by atoms with Crippen LogP contribution in [0.15, 0.2) is 0 Å². The smallest absolute Gasteiger partial charge is 0.188 e. The summed E-state index contributed by atoms with van der Waals surface area (Å²) in [7, 11) is -3.01. The molecule has 0 aromatic rings.